The van der Waals surface area contributed by atoms with Gasteiger partial charge in [-0.2, -0.15) is 0 Å². The Balaban J connectivity index is 1.38. The van der Waals surface area contributed by atoms with Crippen molar-refractivity contribution < 1.29 is 4.79 Å². The van der Waals surface area contributed by atoms with Crippen molar-refractivity contribution in [1.29, 1.82) is 0 Å². The molecule has 146 valence electrons. The molecule has 0 spiro atoms. The minimum atomic E-state index is 0.157. The molecule has 2 heterocycles. The summed E-state index contributed by atoms with van der Waals surface area (Å²) in [6, 6.07) is 16.7. The van der Waals surface area contributed by atoms with Gasteiger partial charge in [-0.15, -0.1) is 11.3 Å². The maximum Gasteiger partial charge on any atom is 0.253 e. The molecule has 0 saturated carbocycles. The third kappa shape index (κ3) is 4.26. The summed E-state index contributed by atoms with van der Waals surface area (Å²) in [6.07, 6.45) is 1.98. The van der Waals surface area contributed by atoms with Crippen LogP contribution in [0.15, 0.2) is 48.5 Å². The molecule has 2 aromatic carbocycles. The molecule has 0 unspecified atom stereocenters. The van der Waals surface area contributed by atoms with Crippen molar-refractivity contribution in [2.24, 2.45) is 0 Å². The fourth-order valence-electron chi connectivity index (χ4n) is 3.93. The zero-order valence-electron chi connectivity index (χ0n) is 16.6. The Morgan fingerprint density at radius 1 is 1.11 bits per heavy atom. The molecule has 1 aliphatic heterocycles. The smallest absolute Gasteiger partial charge is 0.253 e. The van der Waals surface area contributed by atoms with Crippen molar-refractivity contribution in [1.82, 2.24) is 14.8 Å². The number of benzene rings is 2. The number of carbonyl (C=O) groups is 1. The van der Waals surface area contributed by atoms with E-state index in [1.807, 2.05) is 42.2 Å². The Labute approximate surface area is 170 Å². The van der Waals surface area contributed by atoms with Crippen molar-refractivity contribution >= 4 is 27.5 Å². The van der Waals surface area contributed by atoms with Gasteiger partial charge in [0.2, 0.25) is 0 Å². The average Bonchev–Trinajstić information content (AvgIpc) is 2.93. The minimum absolute atomic E-state index is 0.157. The first-order valence-corrected chi connectivity index (χ1v) is 10.9. The van der Waals surface area contributed by atoms with E-state index in [1.165, 1.54) is 9.71 Å². The second-order valence-corrected chi connectivity index (χ2v) is 8.79. The molecular formula is C23H27N3OS. The van der Waals surface area contributed by atoms with E-state index in [4.69, 9.17) is 4.98 Å². The lowest BCUT2D eigenvalue weighted by Crippen LogP contribution is -2.39. The van der Waals surface area contributed by atoms with Gasteiger partial charge < -0.3 is 4.90 Å². The van der Waals surface area contributed by atoms with E-state index in [2.05, 4.69) is 30.0 Å². The second kappa shape index (κ2) is 8.41. The van der Waals surface area contributed by atoms with Crippen LogP contribution in [0.3, 0.4) is 0 Å². The topological polar surface area (TPSA) is 36.4 Å². The van der Waals surface area contributed by atoms with Gasteiger partial charge in [0, 0.05) is 44.2 Å². The molecule has 1 amide bonds. The summed E-state index contributed by atoms with van der Waals surface area (Å²) in [4.78, 5) is 22.2. The normalized spacial score (nSPS) is 16.9. The molecular weight excluding hydrogens is 366 g/mol. The van der Waals surface area contributed by atoms with Crippen LogP contribution in [0.25, 0.3) is 10.2 Å². The molecule has 3 aromatic rings. The largest absolute Gasteiger partial charge is 0.337 e. The molecule has 1 fully saturated rings. The van der Waals surface area contributed by atoms with Crippen molar-refractivity contribution in [2.45, 2.75) is 32.7 Å². The Morgan fingerprint density at radius 2 is 1.96 bits per heavy atom. The molecule has 5 heteroatoms. The maximum absolute atomic E-state index is 12.9. The van der Waals surface area contributed by atoms with Gasteiger partial charge in [0.25, 0.3) is 5.91 Å². The molecule has 0 radical (unpaired) electrons. The van der Waals surface area contributed by atoms with Crippen LogP contribution in [0.2, 0.25) is 0 Å². The van der Waals surface area contributed by atoms with Gasteiger partial charge in [-0.1, -0.05) is 29.8 Å². The van der Waals surface area contributed by atoms with Crippen molar-refractivity contribution in [2.75, 3.05) is 26.2 Å². The minimum Gasteiger partial charge on any atom is -0.337 e. The third-order valence-corrected chi connectivity index (χ3v) is 6.57. The zero-order chi connectivity index (χ0) is 19.5. The van der Waals surface area contributed by atoms with Crippen LogP contribution in [0.1, 0.15) is 34.3 Å². The standard InChI is InChI=1S/C23H27N3OS/c1-17-7-5-8-19(15-17)23(27)26-12-6-11-25(13-14-26)18(2)16-22-24-20-9-3-4-10-21(20)28-22/h3-5,7-10,15,18H,6,11-14,16H2,1-2H3/t18-/m1/s1. The van der Waals surface area contributed by atoms with E-state index in [9.17, 15) is 4.79 Å². The third-order valence-electron chi connectivity index (χ3n) is 5.51. The number of aromatic nitrogens is 1. The van der Waals surface area contributed by atoms with Crippen LogP contribution in [-0.4, -0.2) is 52.9 Å². The van der Waals surface area contributed by atoms with E-state index in [0.717, 1.165) is 55.7 Å². The highest BCUT2D eigenvalue weighted by Gasteiger charge is 2.23. The van der Waals surface area contributed by atoms with E-state index in [1.54, 1.807) is 11.3 Å². The van der Waals surface area contributed by atoms with Crippen LogP contribution in [0.4, 0.5) is 0 Å². The van der Waals surface area contributed by atoms with Gasteiger partial charge in [0.05, 0.1) is 15.2 Å². The first kappa shape index (κ1) is 19.1. The molecule has 1 aromatic heterocycles. The molecule has 1 atom stereocenters. The predicted molar refractivity (Wildman–Crippen MR) is 116 cm³/mol. The van der Waals surface area contributed by atoms with E-state index in [0.29, 0.717) is 6.04 Å². The quantitative estimate of drug-likeness (QED) is 0.660. The van der Waals surface area contributed by atoms with Crippen LogP contribution in [0, 0.1) is 6.92 Å². The summed E-state index contributed by atoms with van der Waals surface area (Å²) in [5, 5.41) is 1.20. The number of hydrogen-bond donors (Lipinski definition) is 0. The van der Waals surface area contributed by atoms with Crippen LogP contribution < -0.4 is 0 Å². The monoisotopic (exact) mass is 393 g/mol. The summed E-state index contributed by atoms with van der Waals surface area (Å²) in [7, 11) is 0. The number of hydrogen-bond acceptors (Lipinski definition) is 4. The number of amides is 1. The molecule has 0 N–H and O–H groups in total. The van der Waals surface area contributed by atoms with Crippen molar-refractivity contribution in [3.8, 4) is 0 Å². The summed E-state index contributed by atoms with van der Waals surface area (Å²) < 4.78 is 1.26. The number of carbonyl (C=O) groups excluding carboxylic acids is 1. The number of nitrogens with zero attached hydrogens (tertiary/aromatic N) is 3. The van der Waals surface area contributed by atoms with Crippen molar-refractivity contribution in [3.05, 3.63) is 64.7 Å². The first-order valence-electron chi connectivity index (χ1n) is 10.0. The SMILES string of the molecule is Cc1cccc(C(=O)N2CCCN([C@H](C)Cc3nc4ccccc4s3)CC2)c1. The lowest BCUT2D eigenvalue weighted by atomic mass is 10.1. The van der Waals surface area contributed by atoms with Crippen LogP contribution in [-0.2, 0) is 6.42 Å². The summed E-state index contributed by atoms with van der Waals surface area (Å²) in [5.41, 5.74) is 3.03. The highest BCUT2D eigenvalue weighted by atomic mass is 32.1. The first-order chi connectivity index (χ1) is 13.6. The number of rotatable bonds is 4. The fraction of sp³-hybridized carbons (Fsp3) is 0.391. The maximum atomic E-state index is 12.9. The summed E-state index contributed by atoms with van der Waals surface area (Å²) in [6.45, 7) is 7.89. The second-order valence-electron chi connectivity index (χ2n) is 7.68. The molecule has 4 rings (SSSR count). The van der Waals surface area contributed by atoms with E-state index in [-0.39, 0.29) is 5.91 Å². The molecule has 1 aliphatic rings. The van der Waals surface area contributed by atoms with Gasteiger partial charge in [-0.05, 0) is 44.5 Å². The highest BCUT2D eigenvalue weighted by molar-refractivity contribution is 7.18. The Morgan fingerprint density at radius 3 is 2.79 bits per heavy atom. The van der Waals surface area contributed by atoms with Gasteiger partial charge in [0.1, 0.15) is 0 Å². The predicted octanol–water partition coefficient (Wildman–Crippen LogP) is 4.38. The number of fused-ring (bicyclic) bond motifs is 1. The van der Waals surface area contributed by atoms with Crippen LogP contribution in [0.5, 0.6) is 0 Å². The zero-order valence-corrected chi connectivity index (χ0v) is 17.4. The lowest BCUT2D eigenvalue weighted by molar-refractivity contribution is 0.0758. The summed E-state index contributed by atoms with van der Waals surface area (Å²) >= 11 is 1.80. The summed E-state index contributed by atoms with van der Waals surface area (Å²) in [5.74, 6) is 0.157. The average molecular weight is 394 g/mol. The Kier molecular flexibility index (Phi) is 5.74. The number of para-hydroxylation sites is 1. The molecule has 1 saturated heterocycles. The fourth-order valence-corrected chi connectivity index (χ4v) is 5.02. The van der Waals surface area contributed by atoms with E-state index < -0.39 is 0 Å². The Bertz CT molecular complexity index is 934. The van der Waals surface area contributed by atoms with Crippen LogP contribution >= 0.6 is 11.3 Å². The molecule has 0 aliphatic carbocycles. The lowest BCUT2D eigenvalue weighted by Gasteiger charge is -2.27. The van der Waals surface area contributed by atoms with E-state index >= 15 is 0 Å². The van der Waals surface area contributed by atoms with Gasteiger partial charge in [-0.3, -0.25) is 9.69 Å². The molecule has 28 heavy (non-hydrogen) atoms. The van der Waals surface area contributed by atoms with Gasteiger partial charge >= 0.3 is 0 Å². The Hall–Kier alpha value is -2.24. The molecule has 4 nitrogen and oxygen atoms in total. The molecule has 0 bridgehead atoms. The number of thiazole rings is 1. The number of aryl methyl sites for hydroxylation is 1. The highest BCUT2D eigenvalue weighted by Crippen LogP contribution is 2.23. The van der Waals surface area contributed by atoms with Gasteiger partial charge in [0.15, 0.2) is 0 Å². The van der Waals surface area contributed by atoms with Crippen molar-refractivity contribution in [3.63, 3.8) is 0 Å². The van der Waals surface area contributed by atoms with Gasteiger partial charge in [-0.25, -0.2) is 4.98 Å².